The first-order valence-electron chi connectivity index (χ1n) is 2.11. The molecular formula is C4H7IS. The smallest absolute Gasteiger partial charge is 0.0145 e. The van der Waals surface area contributed by atoms with Crippen molar-refractivity contribution in [3.63, 3.8) is 0 Å². The van der Waals surface area contributed by atoms with Crippen LogP contribution in [0.1, 0.15) is 6.42 Å². The Labute approximate surface area is 56.2 Å². The van der Waals surface area contributed by atoms with E-state index in [1.54, 1.807) is 0 Å². The van der Waals surface area contributed by atoms with E-state index < -0.39 is 0 Å². The van der Waals surface area contributed by atoms with Gasteiger partial charge in [-0.25, -0.2) is 0 Å². The average molecular weight is 214 g/mol. The molecule has 0 aromatic heterocycles. The molecule has 36 valence electrons. The molecule has 1 unspecified atom stereocenters. The summed E-state index contributed by atoms with van der Waals surface area (Å²) < 4.78 is 1.34. The van der Waals surface area contributed by atoms with Gasteiger partial charge in [0.2, 0.25) is 0 Å². The SMILES string of the molecule is ICCC1CS1. The van der Waals surface area contributed by atoms with E-state index >= 15 is 0 Å². The Morgan fingerprint density at radius 2 is 2.50 bits per heavy atom. The lowest BCUT2D eigenvalue weighted by molar-refractivity contribution is 1.01. The van der Waals surface area contributed by atoms with Crippen LogP contribution in [0.2, 0.25) is 0 Å². The van der Waals surface area contributed by atoms with Crippen LogP contribution >= 0.6 is 34.4 Å². The van der Waals surface area contributed by atoms with E-state index in [0.29, 0.717) is 0 Å². The zero-order chi connectivity index (χ0) is 4.41. The topological polar surface area (TPSA) is 0 Å². The van der Waals surface area contributed by atoms with Crippen molar-refractivity contribution in [3.8, 4) is 0 Å². The van der Waals surface area contributed by atoms with Crippen LogP contribution in [0.15, 0.2) is 0 Å². The van der Waals surface area contributed by atoms with Crippen molar-refractivity contribution in [1.29, 1.82) is 0 Å². The molecule has 0 aromatic rings. The summed E-state index contributed by atoms with van der Waals surface area (Å²) in [4.78, 5) is 0. The third-order valence-corrected chi connectivity index (χ3v) is 2.50. The molecule has 1 fully saturated rings. The second-order valence-electron chi connectivity index (χ2n) is 1.43. The van der Waals surface area contributed by atoms with E-state index in [9.17, 15) is 0 Å². The molecule has 0 aliphatic carbocycles. The highest BCUT2D eigenvalue weighted by Crippen LogP contribution is 2.33. The molecule has 0 amide bonds. The van der Waals surface area contributed by atoms with Crippen molar-refractivity contribution < 1.29 is 0 Å². The summed E-state index contributed by atoms with van der Waals surface area (Å²) in [5, 5.41) is 1.06. The van der Waals surface area contributed by atoms with E-state index in [1.807, 2.05) is 0 Å². The van der Waals surface area contributed by atoms with Crippen LogP contribution in [-0.2, 0) is 0 Å². The number of rotatable bonds is 2. The van der Waals surface area contributed by atoms with Gasteiger partial charge in [0, 0.05) is 15.4 Å². The molecule has 0 nitrogen and oxygen atoms in total. The standard InChI is InChI=1S/C4H7IS/c5-2-1-4-3-6-4/h4H,1-3H2. The summed E-state index contributed by atoms with van der Waals surface area (Å²) in [6, 6.07) is 0. The molecule has 0 saturated carbocycles. The van der Waals surface area contributed by atoms with Gasteiger partial charge < -0.3 is 0 Å². The molecule has 6 heavy (non-hydrogen) atoms. The predicted octanol–water partition coefficient (Wildman–Crippen LogP) is 1.93. The third kappa shape index (κ3) is 1.69. The molecule has 1 rings (SSSR count). The van der Waals surface area contributed by atoms with Crippen molar-refractivity contribution in [2.75, 3.05) is 10.2 Å². The molecule has 1 saturated heterocycles. The summed E-state index contributed by atoms with van der Waals surface area (Å²) in [5.74, 6) is 1.43. The van der Waals surface area contributed by atoms with Crippen molar-refractivity contribution >= 4 is 34.4 Å². The van der Waals surface area contributed by atoms with Gasteiger partial charge in [-0.3, -0.25) is 0 Å². The van der Waals surface area contributed by atoms with Crippen molar-refractivity contribution in [2.45, 2.75) is 11.7 Å². The highest BCUT2D eigenvalue weighted by molar-refractivity contribution is 14.1. The van der Waals surface area contributed by atoms with Crippen LogP contribution in [0, 0.1) is 0 Å². The van der Waals surface area contributed by atoms with Gasteiger partial charge in [0.15, 0.2) is 0 Å². The lowest BCUT2D eigenvalue weighted by Gasteiger charge is -1.79. The van der Waals surface area contributed by atoms with Crippen molar-refractivity contribution in [3.05, 3.63) is 0 Å². The second-order valence-corrected chi connectivity index (χ2v) is 3.85. The van der Waals surface area contributed by atoms with E-state index in [4.69, 9.17) is 0 Å². The summed E-state index contributed by atoms with van der Waals surface area (Å²) in [5.41, 5.74) is 0. The summed E-state index contributed by atoms with van der Waals surface area (Å²) in [6.45, 7) is 0. The van der Waals surface area contributed by atoms with Gasteiger partial charge in [-0.1, -0.05) is 22.6 Å². The molecule has 1 atom stereocenters. The Hall–Kier alpha value is 1.08. The van der Waals surface area contributed by atoms with Crippen LogP contribution in [-0.4, -0.2) is 15.4 Å². The number of thioether (sulfide) groups is 1. The third-order valence-electron chi connectivity index (χ3n) is 0.833. The molecule has 0 spiro atoms. The molecular weight excluding hydrogens is 207 g/mol. The number of hydrogen-bond donors (Lipinski definition) is 0. The number of halogens is 1. The molecule has 0 N–H and O–H groups in total. The molecule has 2 heteroatoms. The van der Waals surface area contributed by atoms with E-state index in [0.717, 1.165) is 5.25 Å². The van der Waals surface area contributed by atoms with Gasteiger partial charge in [0.05, 0.1) is 0 Å². The van der Waals surface area contributed by atoms with Crippen molar-refractivity contribution in [2.24, 2.45) is 0 Å². The maximum Gasteiger partial charge on any atom is 0.0145 e. The Morgan fingerprint density at radius 3 is 2.67 bits per heavy atom. The highest BCUT2D eigenvalue weighted by Gasteiger charge is 2.20. The average Bonchev–Trinajstić information content (AvgIpc) is 2.21. The normalized spacial score (nSPS) is 30.5. The van der Waals surface area contributed by atoms with Crippen LogP contribution in [0.4, 0.5) is 0 Å². The Balaban J connectivity index is 1.88. The maximum absolute atomic E-state index is 2.43. The fraction of sp³-hybridized carbons (Fsp3) is 1.00. The van der Waals surface area contributed by atoms with Gasteiger partial charge >= 0.3 is 0 Å². The zero-order valence-electron chi connectivity index (χ0n) is 3.48. The van der Waals surface area contributed by atoms with Gasteiger partial charge in [-0.15, -0.1) is 0 Å². The van der Waals surface area contributed by atoms with Crippen LogP contribution < -0.4 is 0 Å². The van der Waals surface area contributed by atoms with Gasteiger partial charge in [0.1, 0.15) is 0 Å². The number of hydrogen-bond acceptors (Lipinski definition) is 1. The quantitative estimate of drug-likeness (QED) is 0.384. The largest absolute Gasteiger partial charge is 0.157 e. The fourth-order valence-electron chi connectivity index (χ4n) is 0.356. The highest BCUT2D eigenvalue weighted by atomic mass is 127. The van der Waals surface area contributed by atoms with Gasteiger partial charge in [-0.2, -0.15) is 11.8 Å². The van der Waals surface area contributed by atoms with Gasteiger partial charge in [-0.05, 0) is 6.42 Å². The molecule has 1 aliphatic rings. The minimum Gasteiger partial charge on any atom is -0.157 e. The van der Waals surface area contributed by atoms with Crippen LogP contribution in [0.5, 0.6) is 0 Å². The van der Waals surface area contributed by atoms with E-state index in [-0.39, 0.29) is 0 Å². The minimum absolute atomic E-state index is 1.06. The van der Waals surface area contributed by atoms with Crippen molar-refractivity contribution in [1.82, 2.24) is 0 Å². The number of alkyl halides is 1. The fourth-order valence-corrected chi connectivity index (χ4v) is 2.12. The maximum atomic E-state index is 2.43. The Morgan fingerprint density at radius 1 is 1.83 bits per heavy atom. The van der Waals surface area contributed by atoms with E-state index in [1.165, 1.54) is 16.6 Å². The van der Waals surface area contributed by atoms with Crippen LogP contribution in [0.3, 0.4) is 0 Å². The molecule has 1 heterocycles. The first kappa shape index (κ1) is 5.22. The molecule has 0 bridgehead atoms. The first-order chi connectivity index (χ1) is 2.93. The molecule has 0 radical (unpaired) electrons. The van der Waals surface area contributed by atoms with Gasteiger partial charge in [0.25, 0.3) is 0 Å². The Kier molecular flexibility index (Phi) is 2.09. The zero-order valence-corrected chi connectivity index (χ0v) is 6.46. The lowest BCUT2D eigenvalue weighted by Crippen LogP contribution is -1.80. The second kappa shape index (κ2) is 2.40. The molecule has 0 aromatic carbocycles. The molecule has 1 aliphatic heterocycles. The summed E-state index contributed by atoms with van der Waals surface area (Å²) in [7, 11) is 0. The predicted molar refractivity (Wildman–Crippen MR) is 39.8 cm³/mol. The van der Waals surface area contributed by atoms with Crippen LogP contribution in [0.25, 0.3) is 0 Å². The first-order valence-corrected chi connectivity index (χ1v) is 4.68. The monoisotopic (exact) mass is 214 g/mol. The minimum atomic E-state index is 1.06. The van der Waals surface area contributed by atoms with E-state index in [2.05, 4.69) is 34.4 Å². The summed E-state index contributed by atoms with van der Waals surface area (Å²) in [6.07, 6.45) is 1.44. The summed E-state index contributed by atoms with van der Waals surface area (Å²) >= 11 is 4.52. The Bertz CT molecular complexity index is 42.8. The lowest BCUT2D eigenvalue weighted by atomic mass is 10.4.